The average Bonchev–Trinajstić information content (AvgIpc) is 3.21. The Morgan fingerprint density at radius 3 is 2.82 bits per heavy atom. The maximum atomic E-state index is 13.1. The van der Waals surface area contributed by atoms with Crippen LogP contribution in [0.15, 0.2) is 71.7 Å². The Morgan fingerprint density at radius 2 is 2.05 bits per heavy atom. The van der Waals surface area contributed by atoms with Crippen molar-refractivity contribution in [3.63, 3.8) is 0 Å². The lowest BCUT2D eigenvalue weighted by Crippen LogP contribution is -2.68. The first-order valence-corrected chi connectivity index (χ1v) is 13.0. The number of carbonyl (C=O) groups is 4. The van der Waals surface area contributed by atoms with E-state index < -0.39 is 23.3 Å². The Bertz CT molecular complexity index is 1410. The molecule has 5 N–H and O–H groups in total. The minimum atomic E-state index is -1.22. The van der Waals surface area contributed by atoms with Gasteiger partial charge in [-0.25, -0.2) is 4.79 Å². The second-order valence-corrected chi connectivity index (χ2v) is 10.3. The number of nitrogens with two attached hydrogens (primary N) is 1. The number of rotatable bonds is 7. The van der Waals surface area contributed by atoms with Crippen LogP contribution in [0.25, 0.3) is 0 Å². The van der Waals surface area contributed by atoms with Crippen molar-refractivity contribution in [1.82, 2.24) is 9.80 Å². The molecule has 0 aliphatic carbocycles. The predicted octanol–water partition coefficient (Wildman–Crippen LogP) is 0.558. The van der Waals surface area contributed by atoms with Gasteiger partial charge in [-0.1, -0.05) is 6.07 Å². The Morgan fingerprint density at radius 1 is 1.24 bits per heavy atom. The van der Waals surface area contributed by atoms with Crippen molar-refractivity contribution in [2.75, 3.05) is 17.6 Å². The molecule has 2 aromatic rings. The summed E-state index contributed by atoms with van der Waals surface area (Å²) in [6.45, 7) is 0.842. The molecule has 1 aromatic heterocycles. The third kappa shape index (κ3) is 5.00. The molecule has 11 nitrogen and oxygen atoms in total. The number of allylic oxidation sites excluding steroid dienone is 1. The van der Waals surface area contributed by atoms with Crippen LogP contribution >= 0.6 is 11.8 Å². The number of likely N-dealkylation sites (tertiary alicyclic amines) is 1. The Hall–Kier alpha value is -4.16. The van der Waals surface area contributed by atoms with Gasteiger partial charge < -0.3 is 26.2 Å². The van der Waals surface area contributed by atoms with E-state index in [1.807, 2.05) is 6.07 Å². The van der Waals surface area contributed by atoms with E-state index in [1.54, 1.807) is 46.1 Å². The van der Waals surface area contributed by atoms with Crippen LogP contribution in [0.5, 0.6) is 5.75 Å². The van der Waals surface area contributed by atoms with Crippen molar-refractivity contribution in [2.24, 2.45) is 5.73 Å². The monoisotopic (exact) mass is 536 g/mol. The molecule has 1 aromatic carbocycles. The van der Waals surface area contributed by atoms with Gasteiger partial charge in [-0.3, -0.25) is 19.3 Å². The van der Waals surface area contributed by atoms with E-state index >= 15 is 0 Å². The number of fused-ring (bicyclic) bond motifs is 1. The maximum Gasteiger partial charge on any atom is 0.352 e. The summed E-state index contributed by atoms with van der Waals surface area (Å²) in [5.74, 6) is -1.70. The van der Waals surface area contributed by atoms with Crippen LogP contribution in [0.2, 0.25) is 0 Å². The molecule has 0 unspecified atom stereocenters. The number of β-lactam (4-membered cyclic amide) rings is 1. The maximum absolute atomic E-state index is 13.1. The summed E-state index contributed by atoms with van der Waals surface area (Å²) in [5.41, 5.74) is 7.93. The van der Waals surface area contributed by atoms with E-state index in [-0.39, 0.29) is 29.8 Å². The quantitative estimate of drug-likeness (QED) is 0.227. The fourth-order valence-corrected chi connectivity index (χ4v) is 6.00. The molecule has 2 saturated heterocycles. The highest BCUT2D eigenvalue weighted by atomic mass is 32.2. The van der Waals surface area contributed by atoms with Crippen LogP contribution in [-0.2, 0) is 32.3 Å². The molecule has 3 amide bonds. The number of nitrogens with one attached hydrogen (secondary N) is 1. The van der Waals surface area contributed by atoms with Crippen molar-refractivity contribution in [3.05, 3.63) is 77.3 Å². The number of phenolic OH excluding ortho intramolecular Hbond substituents is 1. The number of carboxylic acids is 1. The highest BCUT2D eigenvalue weighted by Gasteiger charge is 2.51. The van der Waals surface area contributed by atoms with Crippen molar-refractivity contribution in [1.29, 1.82) is 0 Å². The third-order valence-electron chi connectivity index (χ3n) is 6.55. The third-order valence-corrected chi connectivity index (χ3v) is 7.88. The number of carbonyl (C=O) groups excluding carboxylic acids is 3. The van der Waals surface area contributed by atoms with Crippen molar-refractivity contribution >= 4 is 41.1 Å². The van der Waals surface area contributed by atoms with Crippen LogP contribution in [0.1, 0.15) is 12.0 Å². The molecule has 5 rings (SSSR count). The summed E-state index contributed by atoms with van der Waals surface area (Å²) in [4.78, 5) is 52.5. The number of phenols is 1. The predicted molar refractivity (Wildman–Crippen MR) is 137 cm³/mol. The summed E-state index contributed by atoms with van der Waals surface area (Å²) in [5, 5.41) is 21.6. The molecule has 38 heavy (non-hydrogen) atoms. The van der Waals surface area contributed by atoms with E-state index in [0.29, 0.717) is 42.1 Å². The first-order valence-electron chi connectivity index (χ1n) is 11.9. The molecule has 2 fully saturated rings. The molecule has 0 spiro atoms. The Labute approximate surface area is 222 Å². The van der Waals surface area contributed by atoms with Gasteiger partial charge in [-0.15, -0.1) is 11.8 Å². The van der Waals surface area contributed by atoms with Crippen LogP contribution in [0, 0.1) is 0 Å². The number of thioether (sulfide) groups is 1. The summed E-state index contributed by atoms with van der Waals surface area (Å²) in [6, 6.07) is 9.24. The molecule has 4 heterocycles. The van der Waals surface area contributed by atoms with Crippen molar-refractivity contribution < 1.29 is 34.0 Å². The standard InChI is InChI=1S/C26H25N5O6S/c27-21-24(35)31-22(26(36)37)17(14-38-25(21)31)9-16-6-8-30(23(16)34)12-15-3-2-7-29(11-15)13-20(33)28-18-4-1-5-19(32)10-18/h1-5,7,9-11,21,25H,6,8,12-14,27H2,(H2-,28,32,33,36,37)/p+1/t21-,25-/m1/s1. The molecular weight excluding hydrogens is 510 g/mol. The number of benzene rings is 1. The summed E-state index contributed by atoms with van der Waals surface area (Å²) < 4.78 is 1.71. The van der Waals surface area contributed by atoms with Gasteiger partial charge in [-0.05, 0) is 36.3 Å². The number of hydrogen-bond acceptors (Lipinski definition) is 7. The van der Waals surface area contributed by atoms with E-state index in [4.69, 9.17) is 5.73 Å². The lowest BCUT2D eigenvalue weighted by molar-refractivity contribution is -0.684. The number of aromatic nitrogens is 1. The average molecular weight is 537 g/mol. The molecule has 3 aliphatic heterocycles. The molecule has 0 saturated carbocycles. The van der Waals surface area contributed by atoms with Gasteiger partial charge in [-0.2, -0.15) is 4.57 Å². The normalized spacial score (nSPS) is 22.0. The molecule has 12 heteroatoms. The highest BCUT2D eigenvalue weighted by molar-refractivity contribution is 8.00. The topological polar surface area (TPSA) is 157 Å². The number of aromatic hydroxyl groups is 1. The van der Waals surface area contributed by atoms with Gasteiger partial charge >= 0.3 is 5.97 Å². The molecule has 2 atom stereocenters. The van der Waals surface area contributed by atoms with E-state index in [0.717, 1.165) is 5.56 Å². The van der Waals surface area contributed by atoms with Gasteiger partial charge in [0.15, 0.2) is 12.4 Å². The largest absolute Gasteiger partial charge is 0.508 e. The van der Waals surface area contributed by atoms with E-state index in [1.165, 1.54) is 28.8 Å². The number of pyridine rings is 1. The summed E-state index contributed by atoms with van der Waals surface area (Å²) in [6.07, 6.45) is 5.59. The SMILES string of the molecule is N[C@@H]1C(=O)N2C(C(=O)O)=C(C=C3CCN(Cc4ccc[n+](CC(=O)Nc5cccc(O)c5)c4)C3=O)CS[C@H]12. The zero-order chi connectivity index (χ0) is 27.0. The zero-order valence-electron chi connectivity index (χ0n) is 20.2. The summed E-state index contributed by atoms with van der Waals surface area (Å²) >= 11 is 1.39. The fraction of sp³-hybridized carbons (Fsp3) is 0.269. The molecule has 3 aliphatic rings. The Balaban J connectivity index is 1.25. The number of carboxylic acid groups (broad SMARTS) is 1. The number of nitrogens with zero attached hydrogens (tertiary/aromatic N) is 3. The number of aliphatic carboxylic acids is 1. The minimum absolute atomic E-state index is 0.0479. The minimum Gasteiger partial charge on any atom is -0.508 e. The van der Waals surface area contributed by atoms with Gasteiger partial charge in [0, 0.05) is 41.3 Å². The number of hydrogen-bond donors (Lipinski definition) is 4. The second kappa shape index (κ2) is 10.3. The van der Waals surface area contributed by atoms with Gasteiger partial charge in [0.2, 0.25) is 18.4 Å². The van der Waals surface area contributed by atoms with Crippen LogP contribution in [0.3, 0.4) is 0 Å². The second-order valence-electron chi connectivity index (χ2n) is 9.24. The van der Waals surface area contributed by atoms with Crippen molar-refractivity contribution in [2.45, 2.75) is 30.9 Å². The number of anilines is 1. The smallest absolute Gasteiger partial charge is 0.352 e. The first-order chi connectivity index (χ1) is 18.2. The van der Waals surface area contributed by atoms with Gasteiger partial charge in [0.1, 0.15) is 22.9 Å². The summed E-state index contributed by atoms with van der Waals surface area (Å²) in [7, 11) is 0. The fourth-order valence-electron chi connectivity index (χ4n) is 4.75. The highest BCUT2D eigenvalue weighted by Crippen LogP contribution is 2.40. The molecular formula is C26H26N5O6S+. The molecule has 0 radical (unpaired) electrons. The van der Waals surface area contributed by atoms with Crippen LogP contribution in [-0.4, -0.2) is 67.4 Å². The lowest BCUT2D eigenvalue weighted by Gasteiger charge is -2.47. The van der Waals surface area contributed by atoms with Crippen LogP contribution < -0.4 is 15.6 Å². The lowest BCUT2D eigenvalue weighted by atomic mass is 10.0. The number of amides is 3. The molecule has 0 bridgehead atoms. The van der Waals surface area contributed by atoms with E-state index in [9.17, 15) is 29.4 Å². The first kappa shape index (κ1) is 25.5. The zero-order valence-corrected chi connectivity index (χ0v) is 21.1. The van der Waals surface area contributed by atoms with E-state index in [2.05, 4.69) is 5.32 Å². The van der Waals surface area contributed by atoms with Crippen LogP contribution in [0.4, 0.5) is 5.69 Å². The van der Waals surface area contributed by atoms with Gasteiger partial charge in [0.25, 0.3) is 5.91 Å². The van der Waals surface area contributed by atoms with Gasteiger partial charge in [0.05, 0.1) is 6.54 Å². The molecule has 196 valence electrons. The van der Waals surface area contributed by atoms with Crippen molar-refractivity contribution in [3.8, 4) is 5.75 Å². The Kier molecular flexibility index (Phi) is 6.91.